The molecule has 1 nitrogen and oxygen atoms in total. The van der Waals surface area contributed by atoms with Gasteiger partial charge in [-0.15, -0.1) is 0 Å². The van der Waals surface area contributed by atoms with Gasteiger partial charge in [0.05, 0.1) is 0 Å². The summed E-state index contributed by atoms with van der Waals surface area (Å²) < 4.78 is 10.6. The molecule has 0 aliphatic heterocycles. The summed E-state index contributed by atoms with van der Waals surface area (Å²) in [6.45, 7) is 4.45. The molecule has 0 spiro atoms. The van der Waals surface area contributed by atoms with Crippen LogP contribution in [0.3, 0.4) is 0 Å². The standard InChI is InChI=1S/C13H13.2C6H5.CH3O.2ClH.Ti/c1-10-8-11(2)13(9-10)12-6-4-3-5-7-12;2*1-2-4-6-5-3-1;1-2;;;/h3-6,8H,9H2,1-2H3;2*1-5H;1H3;2*1H;/q;;;-1;;;+3/p-2. The molecule has 0 amide bonds. The van der Waals surface area contributed by atoms with E-state index in [1.165, 1.54) is 33.9 Å². The average molecular weight is 473 g/mol. The van der Waals surface area contributed by atoms with Crippen LogP contribution in [0.2, 0.25) is 0 Å². The second kappa shape index (κ2) is 10.6. The molecular formula is C26H26Cl2OTi. The van der Waals surface area contributed by atoms with Crippen LogP contribution in [0, 0.1) is 0 Å². The largest absolute Gasteiger partial charge is 1.00 e. The molecule has 0 saturated heterocycles. The summed E-state index contributed by atoms with van der Waals surface area (Å²) >= 11 is -3.30. The van der Waals surface area contributed by atoms with E-state index in [1.807, 2.05) is 7.11 Å². The van der Waals surface area contributed by atoms with Crippen molar-refractivity contribution in [2.75, 3.05) is 7.11 Å². The van der Waals surface area contributed by atoms with Gasteiger partial charge < -0.3 is 24.8 Å². The summed E-state index contributed by atoms with van der Waals surface area (Å²) in [5.74, 6) is 0. The molecule has 4 rings (SSSR count). The van der Waals surface area contributed by atoms with E-state index in [9.17, 15) is 0 Å². The molecule has 0 N–H and O–H groups in total. The van der Waals surface area contributed by atoms with Crippen molar-refractivity contribution in [3.05, 3.63) is 108 Å². The first-order valence-corrected chi connectivity index (χ1v) is 12.8. The Morgan fingerprint density at radius 3 is 1.67 bits per heavy atom. The zero-order valence-corrected chi connectivity index (χ0v) is 20.6. The van der Waals surface area contributed by atoms with Crippen LogP contribution in [-0.4, -0.2) is 7.11 Å². The van der Waals surface area contributed by atoms with Crippen LogP contribution in [0.5, 0.6) is 0 Å². The van der Waals surface area contributed by atoms with Crippen molar-refractivity contribution >= 4 is 17.2 Å². The van der Waals surface area contributed by atoms with Crippen LogP contribution in [-0.2, 0) is 20.3 Å². The average Bonchev–Trinajstić information content (AvgIpc) is 3.09. The van der Waals surface area contributed by atoms with Crippen LogP contribution in [0.25, 0.3) is 5.57 Å². The summed E-state index contributed by atoms with van der Waals surface area (Å²) in [4.78, 5) is 0. The first kappa shape index (κ1) is 24.7. The molecule has 3 aromatic rings. The first-order valence-electron chi connectivity index (χ1n) is 9.80. The molecule has 0 aromatic heterocycles. The van der Waals surface area contributed by atoms with Crippen molar-refractivity contribution in [3.63, 3.8) is 0 Å². The molecular weight excluding hydrogens is 447 g/mol. The van der Waals surface area contributed by atoms with Crippen molar-refractivity contribution in [3.8, 4) is 0 Å². The van der Waals surface area contributed by atoms with Crippen LogP contribution < -0.4 is 36.4 Å². The smallest absolute Gasteiger partial charge is 1.00 e. The first-order chi connectivity index (χ1) is 13.7. The fraction of sp³-hybridized carbons (Fsp3) is 0.154. The molecule has 30 heavy (non-hydrogen) atoms. The second-order valence-electron chi connectivity index (χ2n) is 7.49. The van der Waals surface area contributed by atoms with Crippen molar-refractivity contribution in [2.24, 2.45) is 0 Å². The van der Waals surface area contributed by atoms with Gasteiger partial charge in [-0.1, -0.05) is 0 Å². The van der Waals surface area contributed by atoms with Crippen molar-refractivity contribution < 1.29 is 45.1 Å². The minimum absolute atomic E-state index is 0. The molecule has 154 valence electrons. The Balaban J connectivity index is 0.00000160. The normalized spacial score (nSPS) is 12.8. The molecule has 0 fully saturated rings. The van der Waals surface area contributed by atoms with Gasteiger partial charge >= 0.3 is 173 Å². The third-order valence-electron chi connectivity index (χ3n) is 5.69. The Bertz CT molecular complexity index is 1000. The van der Waals surface area contributed by atoms with Gasteiger partial charge in [-0.3, -0.25) is 0 Å². The zero-order chi connectivity index (χ0) is 19.6. The van der Waals surface area contributed by atoms with E-state index in [2.05, 4.69) is 105 Å². The number of hydrogen-bond donors (Lipinski definition) is 0. The SMILES string of the molecule is C[O][Ti+2]([c]1ccccc1)([c]1ccccc1)[c]1ccccc1C1=C(C)C=C(C)C1.[Cl-].[Cl-]. The van der Waals surface area contributed by atoms with Gasteiger partial charge in [0.25, 0.3) is 0 Å². The fourth-order valence-corrected chi connectivity index (χ4v) is 10.6. The van der Waals surface area contributed by atoms with E-state index in [4.69, 9.17) is 3.32 Å². The maximum Gasteiger partial charge on any atom is -1.00 e. The van der Waals surface area contributed by atoms with Crippen LogP contribution >= 0.6 is 0 Å². The maximum absolute atomic E-state index is 6.61. The Hall–Kier alpha value is -1.61. The van der Waals surface area contributed by atoms with E-state index < -0.39 is 17.0 Å². The summed E-state index contributed by atoms with van der Waals surface area (Å²) in [6.07, 6.45) is 3.34. The molecule has 4 heteroatoms. The minimum atomic E-state index is -3.30. The summed E-state index contributed by atoms with van der Waals surface area (Å²) in [5.41, 5.74) is 5.59. The van der Waals surface area contributed by atoms with Crippen LogP contribution in [0.4, 0.5) is 0 Å². The van der Waals surface area contributed by atoms with E-state index in [0.717, 1.165) is 6.42 Å². The summed E-state index contributed by atoms with van der Waals surface area (Å²) in [5, 5.41) is 0. The number of benzene rings is 3. The minimum Gasteiger partial charge on any atom is -1.00 e. The molecule has 1 aliphatic rings. The topological polar surface area (TPSA) is 9.23 Å². The Morgan fingerprint density at radius 1 is 0.700 bits per heavy atom. The molecule has 1 aliphatic carbocycles. The van der Waals surface area contributed by atoms with Crippen molar-refractivity contribution in [2.45, 2.75) is 20.3 Å². The number of allylic oxidation sites excluding steroid dienone is 4. The molecule has 0 atom stereocenters. The summed E-state index contributed by atoms with van der Waals surface area (Å²) in [7, 11) is 1.90. The number of rotatable bonds is 5. The third kappa shape index (κ3) is 4.37. The van der Waals surface area contributed by atoms with E-state index in [-0.39, 0.29) is 24.8 Å². The van der Waals surface area contributed by atoms with Crippen LogP contribution in [0.15, 0.2) is 102 Å². The Morgan fingerprint density at radius 2 is 1.20 bits per heavy atom. The van der Waals surface area contributed by atoms with E-state index >= 15 is 0 Å². The number of hydrogen-bond acceptors (Lipinski definition) is 1. The van der Waals surface area contributed by atoms with Crippen LogP contribution in [0.1, 0.15) is 25.8 Å². The molecule has 3 aromatic carbocycles. The zero-order valence-electron chi connectivity index (χ0n) is 17.5. The van der Waals surface area contributed by atoms with Crippen molar-refractivity contribution in [1.29, 1.82) is 0 Å². The van der Waals surface area contributed by atoms with Crippen molar-refractivity contribution in [1.82, 2.24) is 0 Å². The Kier molecular flexibility index (Phi) is 8.73. The third-order valence-corrected chi connectivity index (χ3v) is 12.1. The molecule has 0 radical (unpaired) electrons. The summed E-state index contributed by atoms with van der Waals surface area (Å²) in [6, 6.07) is 30.6. The van der Waals surface area contributed by atoms with Gasteiger partial charge in [0, 0.05) is 0 Å². The van der Waals surface area contributed by atoms with Gasteiger partial charge in [-0.2, -0.15) is 0 Å². The monoisotopic (exact) mass is 472 g/mol. The molecule has 0 saturated carbocycles. The fourth-order valence-electron chi connectivity index (χ4n) is 4.46. The van der Waals surface area contributed by atoms with E-state index in [0.29, 0.717) is 0 Å². The molecule has 0 heterocycles. The van der Waals surface area contributed by atoms with Gasteiger partial charge in [-0.25, -0.2) is 0 Å². The maximum atomic E-state index is 6.61. The number of halogens is 2. The quantitative estimate of drug-likeness (QED) is 0.424. The predicted molar refractivity (Wildman–Crippen MR) is 116 cm³/mol. The van der Waals surface area contributed by atoms with Gasteiger partial charge in [0.15, 0.2) is 0 Å². The molecule has 0 bridgehead atoms. The second-order valence-corrected chi connectivity index (χ2v) is 12.9. The Labute approximate surface area is 196 Å². The predicted octanol–water partition coefficient (Wildman–Crippen LogP) is -1.19. The molecule has 0 unspecified atom stereocenters. The van der Waals surface area contributed by atoms with Gasteiger partial charge in [0.1, 0.15) is 0 Å². The van der Waals surface area contributed by atoms with E-state index in [1.54, 1.807) is 0 Å². The van der Waals surface area contributed by atoms with Gasteiger partial charge in [0.2, 0.25) is 0 Å². The van der Waals surface area contributed by atoms with Gasteiger partial charge in [-0.05, 0) is 0 Å².